The van der Waals surface area contributed by atoms with Crippen LogP contribution in [0.4, 0.5) is 17.1 Å². The fourth-order valence-electron chi connectivity index (χ4n) is 11.0. The number of fused-ring (bicyclic) bond motifs is 13. The lowest BCUT2D eigenvalue weighted by molar-refractivity contribution is 0.793. The van der Waals surface area contributed by atoms with Crippen molar-refractivity contribution in [3.63, 3.8) is 0 Å². The molecule has 0 fully saturated rings. The molecule has 2 aliphatic carbocycles. The Labute approximate surface area is 371 Å². The van der Waals surface area contributed by atoms with Gasteiger partial charge >= 0.3 is 0 Å². The topological polar surface area (TPSA) is 3.24 Å². The molecule has 11 aromatic rings. The summed E-state index contributed by atoms with van der Waals surface area (Å²) in [5, 5.41) is 2.53. The van der Waals surface area contributed by atoms with Crippen LogP contribution in [0, 0.1) is 0 Å². The maximum absolute atomic E-state index is 2.58. The highest BCUT2D eigenvalue weighted by Gasteiger charge is 2.51. The molecule has 0 amide bonds. The molecule has 0 atom stereocenters. The summed E-state index contributed by atoms with van der Waals surface area (Å²) < 4.78 is 2.56. The summed E-state index contributed by atoms with van der Waals surface area (Å²) in [7, 11) is 0. The van der Waals surface area contributed by atoms with Gasteiger partial charge in [0, 0.05) is 31.4 Å². The summed E-state index contributed by atoms with van der Waals surface area (Å²) in [6, 6.07) is 87.9. The Hall–Kier alpha value is -7.78. The third kappa shape index (κ3) is 5.22. The molecule has 0 bridgehead atoms. The minimum absolute atomic E-state index is 0.476. The van der Waals surface area contributed by atoms with Crippen molar-refractivity contribution in [3.8, 4) is 55.6 Å². The first-order valence-electron chi connectivity index (χ1n) is 21.8. The van der Waals surface area contributed by atoms with Gasteiger partial charge in [-0.15, -0.1) is 11.3 Å². The first kappa shape index (κ1) is 35.9. The lowest BCUT2D eigenvalue weighted by Gasteiger charge is -2.33. The average Bonchev–Trinajstić information content (AvgIpc) is 3.99. The zero-order valence-corrected chi connectivity index (χ0v) is 35.2. The van der Waals surface area contributed by atoms with Crippen LogP contribution in [0.25, 0.3) is 75.8 Å². The van der Waals surface area contributed by atoms with Crippen LogP contribution in [0.15, 0.2) is 237 Å². The standard InChI is InChI=1S/C61H39NS/c1-3-19-40(20-4-1)43-23-7-8-27-49(43)59-44(41-21-5-2-6-22-41)29-17-33-55(59)62(56-34-18-36-58-60(56)50-28-12-16-35-57(50)63-58)42-37-38-48-47-26-11-15-32-53(47)61(54(48)39-42)51-30-13-9-24-45(51)46-25-10-14-31-52(46)61/h1-39H. The summed E-state index contributed by atoms with van der Waals surface area (Å²) in [5.74, 6) is 0. The van der Waals surface area contributed by atoms with E-state index in [-0.39, 0.29) is 0 Å². The van der Waals surface area contributed by atoms with Crippen molar-refractivity contribution < 1.29 is 0 Å². The Balaban J connectivity index is 1.16. The molecular formula is C61H39NS. The average molecular weight is 818 g/mol. The van der Waals surface area contributed by atoms with Crippen molar-refractivity contribution in [1.29, 1.82) is 0 Å². The van der Waals surface area contributed by atoms with Crippen molar-refractivity contribution >= 4 is 48.6 Å². The molecule has 2 aliphatic rings. The van der Waals surface area contributed by atoms with E-state index in [4.69, 9.17) is 0 Å². The summed E-state index contributed by atoms with van der Waals surface area (Å²) in [6.07, 6.45) is 0. The Morgan fingerprint density at radius 2 is 0.794 bits per heavy atom. The highest BCUT2D eigenvalue weighted by Crippen LogP contribution is 2.63. The maximum atomic E-state index is 2.58. The van der Waals surface area contributed by atoms with Crippen molar-refractivity contribution in [2.45, 2.75) is 5.41 Å². The molecule has 1 aromatic heterocycles. The summed E-state index contributed by atoms with van der Waals surface area (Å²) in [5.41, 5.74) is 20.6. The molecule has 63 heavy (non-hydrogen) atoms. The first-order valence-corrected chi connectivity index (χ1v) is 22.6. The molecule has 0 radical (unpaired) electrons. The fourth-order valence-corrected chi connectivity index (χ4v) is 12.1. The van der Waals surface area contributed by atoms with Crippen molar-refractivity contribution in [3.05, 3.63) is 259 Å². The Kier molecular flexibility index (Phi) is 8.06. The third-order valence-electron chi connectivity index (χ3n) is 13.5. The maximum Gasteiger partial charge on any atom is 0.0726 e. The molecule has 1 spiro atoms. The highest BCUT2D eigenvalue weighted by molar-refractivity contribution is 7.26. The van der Waals surface area contributed by atoms with Gasteiger partial charge in [0.25, 0.3) is 0 Å². The van der Waals surface area contributed by atoms with Gasteiger partial charge in [0.05, 0.1) is 16.8 Å². The number of rotatable bonds is 6. The molecule has 10 aromatic carbocycles. The van der Waals surface area contributed by atoms with Crippen molar-refractivity contribution in [2.75, 3.05) is 4.90 Å². The smallest absolute Gasteiger partial charge is 0.0726 e. The van der Waals surface area contributed by atoms with E-state index in [0.717, 1.165) is 17.1 Å². The van der Waals surface area contributed by atoms with E-state index in [0.29, 0.717) is 0 Å². The van der Waals surface area contributed by atoms with E-state index in [1.807, 2.05) is 11.3 Å². The molecule has 2 heteroatoms. The molecule has 0 saturated carbocycles. The van der Waals surface area contributed by atoms with E-state index < -0.39 is 5.41 Å². The summed E-state index contributed by atoms with van der Waals surface area (Å²) >= 11 is 1.87. The molecule has 0 saturated heterocycles. The van der Waals surface area contributed by atoms with Gasteiger partial charge in [-0.05, 0) is 109 Å². The van der Waals surface area contributed by atoms with E-state index in [1.54, 1.807) is 0 Å². The van der Waals surface area contributed by atoms with E-state index in [2.05, 4.69) is 241 Å². The molecule has 13 rings (SSSR count). The van der Waals surface area contributed by atoms with Crippen molar-refractivity contribution in [1.82, 2.24) is 0 Å². The minimum Gasteiger partial charge on any atom is -0.309 e. The monoisotopic (exact) mass is 817 g/mol. The van der Waals surface area contributed by atoms with Crippen LogP contribution in [0.2, 0.25) is 0 Å². The van der Waals surface area contributed by atoms with Crippen LogP contribution in [-0.4, -0.2) is 0 Å². The number of nitrogens with zero attached hydrogens (tertiary/aromatic N) is 1. The zero-order valence-electron chi connectivity index (χ0n) is 34.4. The van der Waals surface area contributed by atoms with Crippen LogP contribution in [0.1, 0.15) is 22.3 Å². The van der Waals surface area contributed by atoms with Crippen LogP contribution in [0.3, 0.4) is 0 Å². The van der Waals surface area contributed by atoms with E-state index in [9.17, 15) is 0 Å². The summed E-state index contributed by atoms with van der Waals surface area (Å²) in [6.45, 7) is 0. The van der Waals surface area contributed by atoms with Crippen LogP contribution in [-0.2, 0) is 5.41 Å². The molecule has 1 nitrogen and oxygen atoms in total. The molecule has 0 unspecified atom stereocenters. The Morgan fingerprint density at radius 3 is 1.46 bits per heavy atom. The third-order valence-corrected chi connectivity index (χ3v) is 14.6. The Morgan fingerprint density at radius 1 is 0.317 bits per heavy atom. The van der Waals surface area contributed by atoms with Gasteiger partial charge in [-0.25, -0.2) is 0 Å². The normalized spacial score (nSPS) is 12.9. The van der Waals surface area contributed by atoms with E-state index in [1.165, 1.54) is 98.1 Å². The SMILES string of the molecule is c1ccc(-c2ccccc2-c2c(-c3ccccc3)cccc2N(c2ccc3c(c2)C2(c4ccccc4-c4ccccc42)c2ccccc2-3)c2cccc3sc4ccccc4c23)cc1. The quantitative estimate of drug-likeness (QED) is 0.162. The van der Waals surface area contributed by atoms with Crippen LogP contribution < -0.4 is 4.90 Å². The predicted octanol–water partition coefficient (Wildman–Crippen LogP) is 16.9. The first-order chi connectivity index (χ1) is 31.3. The minimum atomic E-state index is -0.476. The number of thiophene rings is 1. The van der Waals surface area contributed by atoms with Gasteiger partial charge < -0.3 is 4.90 Å². The van der Waals surface area contributed by atoms with Gasteiger partial charge in [-0.2, -0.15) is 0 Å². The van der Waals surface area contributed by atoms with Gasteiger partial charge in [-0.3, -0.25) is 0 Å². The molecule has 0 N–H and O–H groups in total. The van der Waals surface area contributed by atoms with E-state index >= 15 is 0 Å². The van der Waals surface area contributed by atoms with Crippen LogP contribution in [0.5, 0.6) is 0 Å². The number of anilines is 3. The second kappa shape index (κ2) is 14.1. The lowest BCUT2D eigenvalue weighted by Crippen LogP contribution is -2.26. The predicted molar refractivity (Wildman–Crippen MR) is 267 cm³/mol. The van der Waals surface area contributed by atoms with Gasteiger partial charge in [0.15, 0.2) is 0 Å². The Bertz CT molecular complexity index is 3520. The van der Waals surface area contributed by atoms with Gasteiger partial charge in [0.1, 0.15) is 0 Å². The number of benzene rings is 10. The molecule has 0 aliphatic heterocycles. The summed E-state index contributed by atoms with van der Waals surface area (Å²) in [4.78, 5) is 2.58. The van der Waals surface area contributed by atoms with Crippen LogP contribution >= 0.6 is 11.3 Å². The van der Waals surface area contributed by atoms with Crippen molar-refractivity contribution in [2.24, 2.45) is 0 Å². The number of hydrogen-bond acceptors (Lipinski definition) is 2. The largest absolute Gasteiger partial charge is 0.309 e. The van der Waals surface area contributed by atoms with Gasteiger partial charge in [0.2, 0.25) is 0 Å². The number of hydrogen-bond donors (Lipinski definition) is 0. The second-order valence-corrected chi connectivity index (χ2v) is 17.8. The molecular weight excluding hydrogens is 779 g/mol. The van der Waals surface area contributed by atoms with Gasteiger partial charge in [-0.1, -0.05) is 200 Å². The zero-order chi connectivity index (χ0) is 41.5. The fraction of sp³-hybridized carbons (Fsp3) is 0.0164. The second-order valence-electron chi connectivity index (χ2n) is 16.7. The lowest BCUT2D eigenvalue weighted by atomic mass is 9.70. The highest BCUT2D eigenvalue weighted by atomic mass is 32.1. The molecule has 1 heterocycles. The molecule has 294 valence electrons.